The van der Waals surface area contributed by atoms with Crippen LogP contribution < -0.4 is 10.0 Å². The first-order valence-corrected chi connectivity index (χ1v) is 8.23. The number of amides is 1. The van der Waals surface area contributed by atoms with Gasteiger partial charge >= 0.3 is 0 Å². The Balaban J connectivity index is 2.45. The lowest BCUT2D eigenvalue weighted by Crippen LogP contribution is -2.28. The molecule has 2 rings (SSSR count). The highest BCUT2D eigenvalue weighted by Crippen LogP contribution is 2.30. The monoisotopic (exact) mass is 359 g/mol. The van der Waals surface area contributed by atoms with Gasteiger partial charge in [-0.25, -0.2) is 13.1 Å². The second-order valence-corrected chi connectivity index (χ2v) is 6.78. The molecule has 0 bridgehead atoms. The molecule has 22 heavy (non-hydrogen) atoms. The third kappa shape index (κ3) is 3.88. The lowest BCUT2D eigenvalue weighted by atomic mass is 10.3. The molecule has 0 unspecified atom stereocenters. The number of hydrogen-bond acceptors (Lipinski definition) is 5. The Morgan fingerprint density at radius 1 is 1.18 bits per heavy atom. The first-order chi connectivity index (χ1) is 10.3. The molecule has 2 N–H and O–H groups in total. The van der Waals surface area contributed by atoms with E-state index in [1.807, 2.05) is 4.72 Å². The van der Waals surface area contributed by atoms with Gasteiger partial charge in [0.05, 0.1) is 16.4 Å². The van der Waals surface area contributed by atoms with Crippen LogP contribution in [0, 0.1) is 0 Å². The highest BCUT2D eigenvalue weighted by molar-refractivity contribution is 7.90. The summed E-state index contributed by atoms with van der Waals surface area (Å²) < 4.78 is 26.2. The number of pyridine rings is 1. The van der Waals surface area contributed by atoms with E-state index in [0.29, 0.717) is 15.7 Å². The fourth-order valence-corrected chi connectivity index (χ4v) is 3.11. The van der Waals surface area contributed by atoms with Gasteiger partial charge in [0.2, 0.25) is 5.91 Å². The van der Waals surface area contributed by atoms with Crippen LogP contribution in [0.5, 0.6) is 0 Å². The molecule has 0 spiro atoms. The van der Waals surface area contributed by atoms with Gasteiger partial charge in [-0.1, -0.05) is 23.2 Å². The topological polar surface area (TPSA) is 88.2 Å². The van der Waals surface area contributed by atoms with Gasteiger partial charge in [0.25, 0.3) is 10.0 Å². The van der Waals surface area contributed by atoms with Gasteiger partial charge in [0.1, 0.15) is 4.90 Å². The SMILES string of the molecule is CC(=O)NS(=O)(=O)c1cnccc1Nc1cc(Cl)ccc1Cl. The average molecular weight is 360 g/mol. The lowest BCUT2D eigenvalue weighted by molar-refractivity contribution is -0.117. The number of rotatable bonds is 4. The molecule has 0 radical (unpaired) electrons. The molecular weight excluding hydrogens is 349 g/mol. The molecule has 0 aliphatic heterocycles. The minimum absolute atomic E-state index is 0.179. The van der Waals surface area contributed by atoms with Crippen LogP contribution in [0.2, 0.25) is 10.0 Å². The molecule has 0 atom stereocenters. The van der Waals surface area contributed by atoms with E-state index in [2.05, 4.69) is 10.3 Å². The van der Waals surface area contributed by atoms with Crippen molar-refractivity contribution in [3.05, 3.63) is 46.7 Å². The van der Waals surface area contributed by atoms with Crippen molar-refractivity contribution in [2.75, 3.05) is 5.32 Å². The molecule has 0 aliphatic carbocycles. The summed E-state index contributed by atoms with van der Waals surface area (Å²) in [4.78, 5) is 14.6. The Labute approximate surface area is 137 Å². The van der Waals surface area contributed by atoms with Crippen LogP contribution >= 0.6 is 23.2 Å². The van der Waals surface area contributed by atoms with E-state index < -0.39 is 15.9 Å². The van der Waals surface area contributed by atoms with Gasteiger partial charge in [-0.3, -0.25) is 9.78 Å². The number of nitrogens with one attached hydrogen (secondary N) is 2. The van der Waals surface area contributed by atoms with E-state index in [1.54, 1.807) is 18.2 Å². The fraction of sp³-hybridized carbons (Fsp3) is 0.0769. The molecule has 0 fully saturated rings. The smallest absolute Gasteiger partial charge is 0.267 e. The first kappa shape index (κ1) is 16.5. The van der Waals surface area contributed by atoms with E-state index in [0.717, 1.165) is 13.1 Å². The molecule has 1 amide bonds. The van der Waals surface area contributed by atoms with Crippen molar-refractivity contribution in [3.63, 3.8) is 0 Å². The lowest BCUT2D eigenvalue weighted by Gasteiger charge is -2.13. The van der Waals surface area contributed by atoms with Crippen LogP contribution in [0.4, 0.5) is 11.4 Å². The predicted molar refractivity (Wildman–Crippen MR) is 85.0 cm³/mol. The van der Waals surface area contributed by atoms with Gasteiger partial charge < -0.3 is 5.32 Å². The Morgan fingerprint density at radius 3 is 2.59 bits per heavy atom. The van der Waals surface area contributed by atoms with E-state index in [4.69, 9.17) is 23.2 Å². The third-order valence-electron chi connectivity index (χ3n) is 2.55. The Kier molecular flexibility index (Phi) is 4.90. The van der Waals surface area contributed by atoms with Crippen molar-refractivity contribution in [3.8, 4) is 0 Å². The number of aromatic nitrogens is 1. The van der Waals surface area contributed by atoms with Crippen molar-refractivity contribution >= 4 is 50.5 Å². The van der Waals surface area contributed by atoms with Gasteiger partial charge in [-0.05, 0) is 24.3 Å². The summed E-state index contributed by atoms with van der Waals surface area (Å²) in [6.07, 6.45) is 2.54. The highest BCUT2D eigenvalue weighted by atomic mass is 35.5. The summed E-state index contributed by atoms with van der Waals surface area (Å²) in [6, 6.07) is 6.19. The summed E-state index contributed by atoms with van der Waals surface area (Å²) in [5.74, 6) is -0.699. The molecular formula is C13H11Cl2N3O3S. The Morgan fingerprint density at radius 2 is 1.91 bits per heavy atom. The van der Waals surface area contributed by atoms with E-state index in [9.17, 15) is 13.2 Å². The molecule has 0 saturated heterocycles. The van der Waals surface area contributed by atoms with Crippen LogP contribution in [-0.4, -0.2) is 19.3 Å². The molecule has 1 aromatic carbocycles. The van der Waals surface area contributed by atoms with Crippen LogP contribution in [0.1, 0.15) is 6.92 Å². The highest BCUT2D eigenvalue weighted by Gasteiger charge is 2.20. The zero-order valence-corrected chi connectivity index (χ0v) is 13.6. The molecule has 6 nitrogen and oxygen atoms in total. The van der Waals surface area contributed by atoms with Gasteiger partial charge in [-0.15, -0.1) is 0 Å². The zero-order valence-electron chi connectivity index (χ0n) is 11.3. The maximum absolute atomic E-state index is 12.1. The zero-order chi connectivity index (χ0) is 16.3. The minimum atomic E-state index is -4.03. The third-order valence-corrected chi connectivity index (χ3v) is 4.58. The van der Waals surface area contributed by atoms with Crippen LogP contribution in [0.25, 0.3) is 0 Å². The van der Waals surface area contributed by atoms with E-state index in [1.165, 1.54) is 12.3 Å². The number of benzene rings is 1. The van der Waals surface area contributed by atoms with Crippen LogP contribution in [-0.2, 0) is 14.8 Å². The van der Waals surface area contributed by atoms with Crippen LogP contribution in [0.3, 0.4) is 0 Å². The molecule has 1 aromatic heterocycles. The summed E-state index contributed by atoms with van der Waals surface area (Å²) in [6.45, 7) is 1.11. The number of hydrogen-bond donors (Lipinski definition) is 2. The standard InChI is InChI=1S/C13H11Cl2N3O3S/c1-8(19)18-22(20,21)13-7-16-5-4-11(13)17-12-6-9(14)2-3-10(12)15/h2-7H,1H3,(H,16,17)(H,18,19). The van der Waals surface area contributed by atoms with E-state index >= 15 is 0 Å². The molecule has 1 heterocycles. The van der Waals surface area contributed by atoms with E-state index in [-0.39, 0.29) is 10.6 Å². The quantitative estimate of drug-likeness (QED) is 0.875. The second-order valence-electron chi connectivity index (χ2n) is 4.28. The van der Waals surface area contributed by atoms with Crippen molar-refractivity contribution in [1.29, 1.82) is 0 Å². The van der Waals surface area contributed by atoms with Gasteiger partial charge in [-0.2, -0.15) is 0 Å². The number of nitrogens with zero attached hydrogens (tertiary/aromatic N) is 1. The summed E-state index contributed by atoms with van der Waals surface area (Å²) in [5, 5.41) is 3.68. The van der Waals surface area contributed by atoms with Crippen molar-refractivity contribution in [2.45, 2.75) is 11.8 Å². The van der Waals surface area contributed by atoms with Crippen molar-refractivity contribution in [2.24, 2.45) is 0 Å². The maximum atomic E-state index is 12.1. The summed E-state index contributed by atoms with van der Waals surface area (Å²) in [7, 11) is -4.03. The maximum Gasteiger partial charge on any atom is 0.267 e. The number of anilines is 2. The van der Waals surface area contributed by atoms with Crippen molar-refractivity contribution in [1.82, 2.24) is 9.71 Å². The fourth-order valence-electron chi connectivity index (χ4n) is 1.68. The molecule has 0 aliphatic rings. The summed E-state index contributed by atoms with van der Waals surface area (Å²) in [5.41, 5.74) is 0.646. The number of carbonyl (C=O) groups is 1. The largest absolute Gasteiger partial charge is 0.353 e. The summed E-state index contributed by atoms with van der Waals surface area (Å²) >= 11 is 11.9. The van der Waals surface area contributed by atoms with Gasteiger partial charge in [0, 0.05) is 24.3 Å². The number of carbonyl (C=O) groups excluding carboxylic acids is 1. The molecule has 2 aromatic rings. The first-order valence-electron chi connectivity index (χ1n) is 5.99. The van der Waals surface area contributed by atoms with Gasteiger partial charge in [0.15, 0.2) is 0 Å². The molecule has 0 saturated carbocycles. The predicted octanol–water partition coefficient (Wildman–Crippen LogP) is 2.96. The molecule has 116 valence electrons. The second kappa shape index (κ2) is 6.51. The number of halogens is 2. The Hall–Kier alpha value is -1.83. The molecule has 9 heteroatoms. The normalized spacial score (nSPS) is 11.0. The number of sulfonamides is 1. The van der Waals surface area contributed by atoms with Crippen LogP contribution in [0.15, 0.2) is 41.6 Å². The Bertz CT molecular complexity index is 825. The van der Waals surface area contributed by atoms with Crippen molar-refractivity contribution < 1.29 is 13.2 Å². The minimum Gasteiger partial charge on any atom is -0.353 e. The average Bonchev–Trinajstić information content (AvgIpc) is 2.42.